The number of hydrogen-bond acceptors (Lipinski definition) is 3. The number of nitrogens with zero attached hydrogens (tertiary/aromatic N) is 1. The van der Waals surface area contributed by atoms with Crippen molar-refractivity contribution in [2.24, 2.45) is 0 Å². The van der Waals surface area contributed by atoms with Crippen LogP contribution in [-0.2, 0) is 0 Å². The van der Waals surface area contributed by atoms with Crippen molar-refractivity contribution >= 4 is 5.91 Å². The van der Waals surface area contributed by atoms with Gasteiger partial charge in [0.15, 0.2) is 0 Å². The maximum Gasteiger partial charge on any atom is 0.284 e. The third-order valence-electron chi connectivity index (χ3n) is 1.33. The summed E-state index contributed by atoms with van der Waals surface area (Å²) in [5.41, 5.74) is 5.02. The molecule has 0 spiro atoms. The van der Waals surface area contributed by atoms with Crippen molar-refractivity contribution in [1.82, 2.24) is 15.8 Å². The van der Waals surface area contributed by atoms with Crippen molar-refractivity contribution in [3.8, 4) is 0 Å². The second-order valence-electron chi connectivity index (χ2n) is 2.34. The predicted molar refractivity (Wildman–Crippen MR) is 45.3 cm³/mol. The summed E-state index contributed by atoms with van der Waals surface area (Å²) in [5.74, 6) is -0.919. The van der Waals surface area contributed by atoms with Gasteiger partial charge in [0, 0.05) is 18.8 Å². The first-order valence-electron chi connectivity index (χ1n) is 3.88. The van der Waals surface area contributed by atoms with E-state index in [1.807, 2.05) is 6.92 Å². The van der Waals surface area contributed by atoms with Gasteiger partial charge in [0.2, 0.25) is 0 Å². The minimum absolute atomic E-state index is 0.0564. The molecule has 5 heteroatoms. The summed E-state index contributed by atoms with van der Waals surface area (Å²) in [6.07, 6.45) is 1.25. The Labute approximate surface area is 75.1 Å². The first-order chi connectivity index (χ1) is 6.24. The molecule has 0 atom stereocenters. The zero-order valence-corrected chi connectivity index (χ0v) is 7.17. The fourth-order valence-electron chi connectivity index (χ4n) is 0.762. The van der Waals surface area contributed by atoms with Crippen LogP contribution in [0.3, 0.4) is 0 Å². The van der Waals surface area contributed by atoms with E-state index in [9.17, 15) is 9.18 Å². The second kappa shape index (κ2) is 4.51. The van der Waals surface area contributed by atoms with E-state index < -0.39 is 11.7 Å². The molecule has 70 valence electrons. The third-order valence-corrected chi connectivity index (χ3v) is 1.33. The van der Waals surface area contributed by atoms with Gasteiger partial charge in [-0.25, -0.2) is 9.82 Å². The minimum Gasteiger partial charge on any atom is -0.286 e. The molecule has 2 N–H and O–H groups in total. The maximum atomic E-state index is 12.6. The van der Waals surface area contributed by atoms with Crippen LogP contribution in [-0.4, -0.2) is 17.4 Å². The van der Waals surface area contributed by atoms with Gasteiger partial charge in [-0.3, -0.25) is 15.2 Å². The summed E-state index contributed by atoms with van der Waals surface area (Å²) in [6, 6.07) is 2.26. The Morgan fingerprint density at radius 3 is 3.08 bits per heavy atom. The molecule has 0 saturated carbocycles. The average Bonchev–Trinajstić information content (AvgIpc) is 2.14. The van der Waals surface area contributed by atoms with Crippen LogP contribution in [0.4, 0.5) is 4.39 Å². The zero-order chi connectivity index (χ0) is 9.68. The maximum absolute atomic E-state index is 12.6. The quantitative estimate of drug-likeness (QED) is 0.670. The van der Waals surface area contributed by atoms with Crippen molar-refractivity contribution in [3.63, 3.8) is 0 Å². The number of aromatic nitrogens is 1. The number of hydrogen-bond donors (Lipinski definition) is 2. The lowest BCUT2D eigenvalue weighted by atomic mass is 10.3. The molecular formula is C8H10FN3O. The lowest BCUT2D eigenvalue weighted by Crippen LogP contribution is -2.37. The number of nitrogens with one attached hydrogen (secondary N) is 2. The number of pyridine rings is 1. The first-order valence-corrected chi connectivity index (χ1v) is 3.88. The highest BCUT2D eigenvalue weighted by atomic mass is 19.1. The van der Waals surface area contributed by atoms with Gasteiger partial charge >= 0.3 is 0 Å². The zero-order valence-electron chi connectivity index (χ0n) is 7.17. The molecule has 1 aromatic heterocycles. The van der Waals surface area contributed by atoms with Crippen LogP contribution in [0.15, 0.2) is 18.3 Å². The Morgan fingerprint density at radius 2 is 2.46 bits per heavy atom. The van der Waals surface area contributed by atoms with Crippen molar-refractivity contribution in [2.45, 2.75) is 6.92 Å². The molecule has 0 fully saturated rings. The smallest absolute Gasteiger partial charge is 0.284 e. The van der Waals surface area contributed by atoms with E-state index in [1.165, 1.54) is 12.3 Å². The van der Waals surface area contributed by atoms with Gasteiger partial charge in [0.1, 0.15) is 11.5 Å². The fourth-order valence-corrected chi connectivity index (χ4v) is 0.762. The number of carbonyl (C=O) groups is 1. The van der Waals surface area contributed by atoms with Crippen molar-refractivity contribution in [1.29, 1.82) is 0 Å². The molecule has 13 heavy (non-hydrogen) atoms. The van der Waals surface area contributed by atoms with Gasteiger partial charge < -0.3 is 0 Å². The van der Waals surface area contributed by atoms with Gasteiger partial charge in [-0.15, -0.1) is 0 Å². The van der Waals surface area contributed by atoms with Crippen LogP contribution in [0.25, 0.3) is 0 Å². The van der Waals surface area contributed by atoms with Gasteiger partial charge in [-0.05, 0) is 6.07 Å². The van der Waals surface area contributed by atoms with E-state index >= 15 is 0 Å². The number of halogens is 1. The normalized spacial score (nSPS) is 9.69. The molecule has 0 aromatic carbocycles. The van der Waals surface area contributed by atoms with Gasteiger partial charge in [0.25, 0.3) is 5.91 Å². The molecule has 0 aliphatic rings. The van der Waals surface area contributed by atoms with Gasteiger partial charge in [-0.2, -0.15) is 0 Å². The highest BCUT2D eigenvalue weighted by Crippen LogP contribution is 1.98. The van der Waals surface area contributed by atoms with E-state index in [0.717, 1.165) is 6.07 Å². The largest absolute Gasteiger partial charge is 0.286 e. The van der Waals surface area contributed by atoms with Crippen LogP contribution in [0.5, 0.6) is 0 Å². The Morgan fingerprint density at radius 1 is 1.69 bits per heavy atom. The second-order valence-corrected chi connectivity index (χ2v) is 2.34. The molecule has 0 aliphatic heterocycles. The SMILES string of the molecule is CCNNC(=O)c1cc(F)ccn1. The Kier molecular flexibility index (Phi) is 3.33. The fraction of sp³-hybridized carbons (Fsp3) is 0.250. The molecule has 1 heterocycles. The molecule has 0 radical (unpaired) electrons. The van der Waals surface area contributed by atoms with E-state index in [-0.39, 0.29) is 5.69 Å². The Bertz CT molecular complexity index is 303. The molecule has 0 unspecified atom stereocenters. The molecule has 1 amide bonds. The lowest BCUT2D eigenvalue weighted by Gasteiger charge is -2.03. The molecule has 0 bridgehead atoms. The summed E-state index contributed by atoms with van der Waals surface area (Å²) in [7, 11) is 0. The van der Waals surface area contributed by atoms with E-state index in [0.29, 0.717) is 6.54 Å². The van der Waals surface area contributed by atoms with Crippen molar-refractivity contribution < 1.29 is 9.18 Å². The summed E-state index contributed by atoms with van der Waals surface area (Å²) in [6.45, 7) is 2.43. The third kappa shape index (κ3) is 2.79. The number of carbonyl (C=O) groups excluding carboxylic acids is 1. The van der Waals surface area contributed by atoms with E-state index in [4.69, 9.17) is 0 Å². The van der Waals surface area contributed by atoms with Crippen LogP contribution in [0.2, 0.25) is 0 Å². The Balaban J connectivity index is 2.66. The Hall–Kier alpha value is -1.49. The average molecular weight is 183 g/mol. The standard InChI is InChI=1S/C8H10FN3O/c1-2-11-12-8(13)7-5-6(9)3-4-10-7/h3-5,11H,2H2,1H3,(H,12,13). The summed E-state index contributed by atoms with van der Waals surface area (Å²) in [5, 5.41) is 0. The molecule has 1 rings (SSSR count). The first kappa shape index (κ1) is 9.60. The molecular weight excluding hydrogens is 173 g/mol. The molecule has 0 saturated heterocycles. The minimum atomic E-state index is -0.475. The van der Waals surface area contributed by atoms with Gasteiger partial charge in [-0.1, -0.05) is 6.92 Å². The summed E-state index contributed by atoms with van der Waals surface area (Å²) >= 11 is 0. The highest BCUT2D eigenvalue weighted by molar-refractivity contribution is 5.91. The van der Waals surface area contributed by atoms with Crippen molar-refractivity contribution in [3.05, 3.63) is 29.8 Å². The highest BCUT2D eigenvalue weighted by Gasteiger charge is 2.05. The topological polar surface area (TPSA) is 54.0 Å². The van der Waals surface area contributed by atoms with E-state index in [1.54, 1.807) is 0 Å². The van der Waals surface area contributed by atoms with Crippen molar-refractivity contribution in [2.75, 3.05) is 6.54 Å². The lowest BCUT2D eigenvalue weighted by molar-refractivity contribution is 0.0928. The molecule has 4 nitrogen and oxygen atoms in total. The summed E-state index contributed by atoms with van der Waals surface area (Å²) in [4.78, 5) is 14.9. The van der Waals surface area contributed by atoms with Crippen LogP contribution in [0, 0.1) is 5.82 Å². The molecule has 0 aliphatic carbocycles. The number of hydrazine groups is 1. The number of rotatable bonds is 3. The monoisotopic (exact) mass is 183 g/mol. The molecule has 1 aromatic rings. The van der Waals surface area contributed by atoms with Gasteiger partial charge in [0.05, 0.1) is 0 Å². The number of amides is 1. The summed E-state index contributed by atoms with van der Waals surface area (Å²) < 4.78 is 12.6. The predicted octanol–water partition coefficient (Wildman–Crippen LogP) is 0.475. The van der Waals surface area contributed by atoms with Crippen LogP contribution in [0.1, 0.15) is 17.4 Å². The van der Waals surface area contributed by atoms with E-state index in [2.05, 4.69) is 15.8 Å². The van der Waals surface area contributed by atoms with Crippen LogP contribution < -0.4 is 10.9 Å². The van der Waals surface area contributed by atoms with Crippen LogP contribution >= 0.6 is 0 Å².